The molecular formula is C15H21N. The zero-order valence-electron chi connectivity index (χ0n) is 10.1. The summed E-state index contributed by atoms with van der Waals surface area (Å²) in [5.41, 5.74) is 2.81. The monoisotopic (exact) mass is 215 g/mol. The molecule has 0 saturated heterocycles. The predicted octanol–water partition coefficient (Wildman–Crippen LogP) is 3.44. The Morgan fingerprint density at radius 3 is 2.88 bits per heavy atom. The molecule has 1 aliphatic rings. The van der Waals surface area contributed by atoms with Crippen LogP contribution in [0.1, 0.15) is 30.4 Å². The lowest BCUT2D eigenvalue weighted by molar-refractivity contribution is 0.440. The van der Waals surface area contributed by atoms with Gasteiger partial charge >= 0.3 is 0 Å². The van der Waals surface area contributed by atoms with E-state index >= 15 is 0 Å². The molecule has 0 fully saturated rings. The van der Waals surface area contributed by atoms with Gasteiger partial charge < -0.3 is 5.32 Å². The van der Waals surface area contributed by atoms with Crippen molar-refractivity contribution in [2.45, 2.75) is 32.7 Å². The summed E-state index contributed by atoms with van der Waals surface area (Å²) in [4.78, 5) is 0. The molecule has 0 aromatic heterocycles. The van der Waals surface area contributed by atoms with Gasteiger partial charge in [-0.25, -0.2) is 0 Å². The van der Waals surface area contributed by atoms with Crippen LogP contribution in [-0.4, -0.2) is 6.54 Å². The van der Waals surface area contributed by atoms with Gasteiger partial charge in [-0.15, -0.1) is 0 Å². The molecule has 1 unspecified atom stereocenters. The van der Waals surface area contributed by atoms with E-state index in [1.807, 2.05) is 0 Å². The van der Waals surface area contributed by atoms with Crippen molar-refractivity contribution >= 4 is 0 Å². The number of benzene rings is 1. The van der Waals surface area contributed by atoms with Gasteiger partial charge in [-0.05, 0) is 49.8 Å². The van der Waals surface area contributed by atoms with Crippen molar-refractivity contribution < 1.29 is 0 Å². The van der Waals surface area contributed by atoms with Crippen LogP contribution in [0.25, 0.3) is 0 Å². The van der Waals surface area contributed by atoms with Crippen LogP contribution in [0.15, 0.2) is 36.4 Å². The molecule has 86 valence electrons. The van der Waals surface area contributed by atoms with Crippen molar-refractivity contribution in [1.29, 1.82) is 0 Å². The summed E-state index contributed by atoms with van der Waals surface area (Å²) in [7, 11) is 0. The van der Waals surface area contributed by atoms with E-state index in [0.717, 1.165) is 19.0 Å². The number of nitrogens with one attached hydrogen (secondary N) is 1. The van der Waals surface area contributed by atoms with E-state index in [1.165, 1.54) is 30.4 Å². The molecule has 1 aromatic carbocycles. The van der Waals surface area contributed by atoms with E-state index in [1.54, 1.807) is 0 Å². The molecule has 1 heteroatoms. The quantitative estimate of drug-likeness (QED) is 0.759. The highest BCUT2D eigenvalue weighted by Crippen LogP contribution is 2.17. The molecule has 16 heavy (non-hydrogen) atoms. The summed E-state index contributed by atoms with van der Waals surface area (Å²) in [6.07, 6.45) is 8.48. The third-order valence-electron chi connectivity index (χ3n) is 3.39. The summed E-state index contributed by atoms with van der Waals surface area (Å²) >= 11 is 0. The van der Waals surface area contributed by atoms with Gasteiger partial charge in [-0.1, -0.05) is 36.4 Å². The van der Waals surface area contributed by atoms with Crippen molar-refractivity contribution in [3.8, 4) is 0 Å². The van der Waals surface area contributed by atoms with E-state index in [0.29, 0.717) is 0 Å². The molecule has 0 amide bonds. The summed E-state index contributed by atoms with van der Waals surface area (Å²) in [5, 5.41) is 3.58. The van der Waals surface area contributed by atoms with Crippen LogP contribution in [-0.2, 0) is 6.54 Å². The van der Waals surface area contributed by atoms with Gasteiger partial charge in [-0.3, -0.25) is 0 Å². The molecule has 1 N–H and O–H groups in total. The smallest absolute Gasteiger partial charge is 0.0208 e. The summed E-state index contributed by atoms with van der Waals surface area (Å²) in [5.74, 6) is 0.842. The minimum atomic E-state index is 0.842. The fourth-order valence-electron chi connectivity index (χ4n) is 2.26. The molecule has 1 nitrogen and oxygen atoms in total. The van der Waals surface area contributed by atoms with Gasteiger partial charge in [0.05, 0.1) is 0 Å². The van der Waals surface area contributed by atoms with Gasteiger partial charge in [-0.2, -0.15) is 0 Å². The third kappa shape index (κ3) is 3.21. The van der Waals surface area contributed by atoms with Crippen LogP contribution in [0.2, 0.25) is 0 Å². The van der Waals surface area contributed by atoms with Gasteiger partial charge in [0.15, 0.2) is 0 Å². The summed E-state index contributed by atoms with van der Waals surface area (Å²) < 4.78 is 0. The summed E-state index contributed by atoms with van der Waals surface area (Å²) in [6, 6.07) is 8.61. The maximum absolute atomic E-state index is 3.58. The lowest BCUT2D eigenvalue weighted by atomic mass is 9.94. The minimum Gasteiger partial charge on any atom is -0.312 e. The van der Waals surface area contributed by atoms with E-state index in [-0.39, 0.29) is 0 Å². The lowest BCUT2D eigenvalue weighted by Crippen LogP contribution is -2.23. The van der Waals surface area contributed by atoms with Gasteiger partial charge in [0, 0.05) is 6.54 Å². The standard InChI is InChI=1S/C15H21N/c1-13-7-5-6-10-15(13)12-16-11-14-8-3-2-4-9-14/h2-3,5-7,10,14,16H,4,8-9,11-12H2,1H3. The van der Waals surface area contributed by atoms with Gasteiger partial charge in [0.2, 0.25) is 0 Å². The van der Waals surface area contributed by atoms with E-state index in [9.17, 15) is 0 Å². The number of rotatable bonds is 4. The van der Waals surface area contributed by atoms with Crippen LogP contribution < -0.4 is 5.32 Å². The van der Waals surface area contributed by atoms with Gasteiger partial charge in [0.1, 0.15) is 0 Å². The lowest BCUT2D eigenvalue weighted by Gasteiger charge is -2.18. The van der Waals surface area contributed by atoms with Crippen LogP contribution in [0.5, 0.6) is 0 Å². The van der Waals surface area contributed by atoms with Crippen molar-refractivity contribution in [3.63, 3.8) is 0 Å². The van der Waals surface area contributed by atoms with Crippen molar-refractivity contribution in [3.05, 3.63) is 47.5 Å². The molecule has 0 radical (unpaired) electrons. The Morgan fingerprint density at radius 2 is 2.12 bits per heavy atom. The SMILES string of the molecule is Cc1ccccc1CNCC1CC=CCC1. The Balaban J connectivity index is 1.75. The maximum atomic E-state index is 3.58. The Kier molecular flexibility index (Phi) is 4.17. The average Bonchev–Trinajstić information content (AvgIpc) is 2.33. The zero-order chi connectivity index (χ0) is 11.2. The third-order valence-corrected chi connectivity index (χ3v) is 3.39. The Bertz CT molecular complexity index is 354. The second-order valence-corrected chi connectivity index (χ2v) is 4.71. The zero-order valence-corrected chi connectivity index (χ0v) is 10.1. The first-order valence-corrected chi connectivity index (χ1v) is 6.26. The highest BCUT2D eigenvalue weighted by atomic mass is 14.9. The van der Waals surface area contributed by atoms with E-state index < -0.39 is 0 Å². The van der Waals surface area contributed by atoms with Crippen LogP contribution >= 0.6 is 0 Å². The first kappa shape index (κ1) is 11.4. The highest BCUT2D eigenvalue weighted by molar-refractivity contribution is 5.25. The molecule has 0 saturated carbocycles. The second kappa shape index (κ2) is 5.86. The fraction of sp³-hybridized carbons (Fsp3) is 0.467. The Hall–Kier alpha value is -1.08. The molecule has 1 atom stereocenters. The average molecular weight is 215 g/mol. The largest absolute Gasteiger partial charge is 0.312 e. The molecule has 0 bridgehead atoms. The van der Waals surface area contributed by atoms with Crippen LogP contribution in [0.4, 0.5) is 0 Å². The number of allylic oxidation sites excluding steroid dienone is 2. The van der Waals surface area contributed by atoms with Gasteiger partial charge in [0.25, 0.3) is 0 Å². The topological polar surface area (TPSA) is 12.0 Å². The first-order chi connectivity index (χ1) is 7.86. The number of hydrogen-bond acceptors (Lipinski definition) is 1. The number of aryl methyl sites for hydroxylation is 1. The predicted molar refractivity (Wildman–Crippen MR) is 69.4 cm³/mol. The fourth-order valence-corrected chi connectivity index (χ4v) is 2.26. The minimum absolute atomic E-state index is 0.842. The second-order valence-electron chi connectivity index (χ2n) is 4.71. The number of hydrogen-bond donors (Lipinski definition) is 1. The molecule has 0 aliphatic heterocycles. The molecule has 1 aliphatic carbocycles. The molecule has 0 spiro atoms. The normalized spacial score (nSPS) is 19.9. The Morgan fingerprint density at radius 1 is 1.25 bits per heavy atom. The first-order valence-electron chi connectivity index (χ1n) is 6.26. The molecule has 1 aromatic rings. The van der Waals surface area contributed by atoms with Crippen molar-refractivity contribution in [2.24, 2.45) is 5.92 Å². The highest BCUT2D eigenvalue weighted by Gasteiger charge is 2.08. The van der Waals surface area contributed by atoms with Crippen molar-refractivity contribution in [1.82, 2.24) is 5.32 Å². The molecular weight excluding hydrogens is 194 g/mol. The van der Waals surface area contributed by atoms with Crippen LogP contribution in [0.3, 0.4) is 0 Å². The van der Waals surface area contributed by atoms with E-state index in [4.69, 9.17) is 0 Å². The Labute approximate surface area is 98.6 Å². The van der Waals surface area contributed by atoms with Crippen LogP contribution in [0, 0.1) is 12.8 Å². The van der Waals surface area contributed by atoms with E-state index in [2.05, 4.69) is 48.7 Å². The molecule has 0 heterocycles. The maximum Gasteiger partial charge on any atom is 0.0208 e. The molecule has 2 rings (SSSR count). The van der Waals surface area contributed by atoms with Crippen molar-refractivity contribution in [2.75, 3.05) is 6.54 Å². The summed E-state index contributed by atoms with van der Waals surface area (Å²) in [6.45, 7) is 4.34.